The van der Waals surface area contributed by atoms with Gasteiger partial charge in [-0.1, -0.05) is 30.9 Å². The topological polar surface area (TPSA) is 84.3 Å². The summed E-state index contributed by atoms with van der Waals surface area (Å²) >= 11 is 5.75. The molecule has 1 saturated carbocycles. The maximum Gasteiger partial charge on any atom is 0.169 e. The summed E-state index contributed by atoms with van der Waals surface area (Å²) in [6, 6.07) is 1.42. The number of nitrogens with one attached hydrogen (secondary N) is 1. The Labute approximate surface area is 116 Å². The van der Waals surface area contributed by atoms with Gasteiger partial charge in [-0.2, -0.15) is 0 Å². The van der Waals surface area contributed by atoms with Crippen molar-refractivity contribution in [1.29, 1.82) is 0 Å². The zero-order chi connectivity index (χ0) is 14.0. The van der Waals surface area contributed by atoms with E-state index >= 15 is 0 Å². The van der Waals surface area contributed by atoms with Crippen LogP contribution in [0.3, 0.4) is 0 Å². The fourth-order valence-corrected chi connectivity index (χ4v) is 2.63. The number of nitrogen functional groups attached to an aromatic ring is 2. The standard InChI is InChI=1S/C13H19ClFN3O/c14-10-8(16)6-9(17)12(11(10)15)18-7-13(19)4-2-1-3-5-13/h6,18-19H,1-5,7,16-17H2. The Hall–Kier alpha value is -1.20. The first-order chi connectivity index (χ1) is 8.93. The Kier molecular flexibility index (Phi) is 4.06. The minimum atomic E-state index is -0.801. The third-order valence-electron chi connectivity index (χ3n) is 3.64. The van der Waals surface area contributed by atoms with Crippen molar-refractivity contribution in [2.24, 2.45) is 0 Å². The number of benzene rings is 1. The van der Waals surface area contributed by atoms with Crippen LogP contribution in [-0.4, -0.2) is 17.3 Å². The van der Waals surface area contributed by atoms with Crippen LogP contribution in [0.25, 0.3) is 0 Å². The molecule has 19 heavy (non-hydrogen) atoms. The molecule has 0 aromatic heterocycles. The summed E-state index contributed by atoms with van der Waals surface area (Å²) in [5.74, 6) is -0.668. The molecule has 0 radical (unpaired) electrons. The van der Waals surface area contributed by atoms with Gasteiger partial charge in [0, 0.05) is 6.54 Å². The van der Waals surface area contributed by atoms with Crippen molar-refractivity contribution in [3.8, 4) is 0 Å². The normalized spacial score (nSPS) is 18.3. The Morgan fingerprint density at radius 2 is 1.89 bits per heavy atom. The van der Waals surface area contributed by atoms with Gasteiger partial charge in [-0.3, -0.25) is 0 Å². The van der Waals surface area contributed by atoms with Crippen molar-refractivity contribution >= 4 is 28.7 Å². The van der Waals surface area contributed by atoms with Crippen LogP contribution < -0.4 is 16.8 Å². The largest absolute Gasteiger partial charge is 0.397 e. The monoisotopic (exact) mass is 287 g/mol. The van der Waals surface area contributed by atoms with Gasteiger partial charge in [0.15, 0.2) is 5.82 Å². The van der Waals surface area contributed by atoms with Crippen molar-refractivity contribution in [2.75, 3.05) is 23.3 Å². The Balaban J connectivity index is 2.13. The van der Waals surface area contributed by atoms with Gasteiger partial charge in [0.2, 0.25) is 0 Å². The molecular weight excluding hydrogens is 269 g/mol. The van der Waals surface area contributed by atoms with Gasteiger partial charge in [-0.05, 0) is 18.9 Å². The maximum absolute atomic E-state index is 14.0. The highest BCUT2D eigenvalue weighted by atomic mass is 35.5. The number of nitrogens with two attached hydrogens (primary N) is 2. The zero-order valence-electron chi connectivity index (χ0n) is 10.7. The molecular formula is C13H19ClFN3O. The minimum absolute atomic E-state index is 0.109. The zero-order valence-corrected chi connectivity index (χ0v) is 11.4. The van der Waals surface area contributed by atoms with E-state index in [2.05, 4.69) is 5.32 Å². The van der Waals surface area contributed by atoms with Crippen molar-refractivity contribution in [3.05, 3.63) is 16.9 Å². The summed E-state index contributed by atoms with van der Waals surface area (Å²) in [6.07, 6.45) is 4.53. The van der Waals surface area contributed by atoms with Crippen LogP contribution in [0.2, 0.25) is 5.02 Å². The number of rotatable bonds is 3. The summed E-state index contributed by atoms with van der Waals surface area (Å²) < 4.78 is 14.0. The minimum Gasteiger partial charge on any atom is -0.397 e. The predicted molar refractivity (Wildman–Crippen MR) is 76.8 cm³/mol. The van der Waals surface area contributed by atoms with Gasteiger partial charge in [0.1, 0.15) is 5.02 Å². The lowest BCUT2D eigenvalue weighted by Gasteiger charge is -2.32. The molecule has 0 saturated heterocycles. The molecule has 6 heteroatoms. The highest BCUT2D eigenvalue weighted by molar-refractivity contribution is 6.33. The molecule has 106 valence electrons. The van der Waals surface area contributed by atoms with Crippen LogP contribution in [0.5, 0.6) is 0 Å². The average Bonchev–Trinajstić information content (AvgIpc) is 2.37. The van der Waals surface area contributed by atoms with Gasteiger partial charge in [-0.25, -0.2) is 4.39 Å². The van der Waals surface area contributed by atoms with E-state index in [-0.39, 0.29) is 28.6 Å². The summed E-state index contributed by atoms with van der Waals surface area (Å²) in [6.45, 7) is 0.258. The summed E-state index contributed by atoms with van der Waals surface area (Å²) in [5, 5.41) is 13.1. The quantitative estimate of drug-likeness (QED) is 0.644. The van der Waals surface area contributed by atoms with Crippen molar-refractivity contribution in [3.63, 3.8) is 0 Å². The lowest BCUT2D eigenvalue weighted by molar-refractivity contribution is 0.0167. The molecule has 0 amide bonds. The van der Waals surface area contributed by atoms with E-state index in [1.54, 1.807) is 0 Å². The molecule has 1 aliphatic carbocycles. The van der Waals surface area contributed by atoms with E-state index in [4.69, 9.17) is 23.1 Å². The first-order valence-corrected chi connectivity index (χ1v) is 6.80. The van der Waals surface area contributed by atoms with Gasteiger partial charge in [-0.15, -0.1) is 0 Å². The van der Waals surface area contributed by atoms with E-state index < -0.39 is 11.4 Å². The van der Waals surface area contributed by atoms with Crippen LogP contribution in [-0.2, 0) is 0 Å². The number of hydrogen-bond acceptors (Lipinski definition) is 4. The second-order valence-corrected chi connectivity index (χ2v) is 5.57. The molecule has 1 aliphatic rings. The average molecular weight is 288 g/mol. The molecule has 0 spiro atoms. The molecule has 1 fully saturated rings. The summed E-state index contributed by atoms with van der Waals surface area (Å²) in [4.78, 5) is 0. The highest BCUT2D eigenvalue weighted by Crippen LogP contribution is 2.35. The number of halogens is 2. The van der Waals surface area contributed by atoms with Crippen LogP contribution in [0.4, 0.5) is 21.5 Å². The molecule has 0 aliphatic heterocycles. The molecule has 6 N–H and O–H groups in total. The van der Waals surface area contributed by atoms with Gasteiger partial charge in [0.25, 0.3) is 0 Å². The lowest BCUT2D eigenvalue weighted by atomic mass is 9.85. The maximum atomic E-state index is 14.0. The SMILES string of the molecule is Nc1cc(N)c(NCC2(O)CCCCC2)c(F)c1Cl. The smallest absolute Gasteiger partial charge is 0.169 e. The third kappa shape index (κ3) is 3.04. The number of aliphatic hydroxyl groups is 1. The van der Waals surface area contributed by atoms with Crippen molar-refractivity contribution in [1.82, 2.24) is 0 Å². The van der Waals surface area contributed by atoms with E-state index in [1.807, 2.05) is 0 Å². The Bertz CT molecular complexity index is 475. The molecule has 1 aromatic rings. The Morgan fingerprint density at radius 3 is 2.53 bits per heavy atom. The predicted octanol–water partition coefficient (Wildman–Crippen LogP) is 2.75. The van der Waals surface area contributed by atoms with Gasteiger partial charge < -0.3 is 21.9 Å². The highest BCUT2D eigenvalue weighted by Gasteiger charge is 2.29. The second kappa shape index (κ2) is 5.43. The molecule has 0 bridgehead atoms. The van der Waals surface area contributed by atoms with Crippen LogP contribution in [0, 0.1) is 5.82 Å². The molecule has 0 atom stereocenters. The van der Waals surface area contributed by atoms with E-state index in [1.165, 1.54) is 6.07 Å². The van der Waals surface area contributed by atoms with Gasteiger partial charge in [0.05, 0.1) is 22.7 Å². The second-order valence-electron chi connectivity index (χ2n) is 5.20. The van der Waals surface area contributed by atoms with Crippen molar-refractivity contribution in [2.45, 2.75) is 37.7 Å². The van der Waals surface area contributed by atoms with Crippen LogP contribution in [0.15, 0.2) is 6.07 Å². The van der Waals surface area contributed by atoms with E-state index in [0.29, 0.717) is 12.8 Å². The molecule has 0 heterocycles. The third-order valence-corrected chi connectivity index (χ3v) is 4.03. The first-order valence-electron chi connectivity index (χ1n) is 6.42. The summed E-state index contributed by atoms with van der Waals surface area (Å²) in [7, 11) is 0. The Morgan fingerprint density at radius 1 is 1.26 bits per heavy atom. The fraction of sp³-hybridized carbons (Fsp3) is 0.538. The van der Waals surface area contributed by atoms with Gasteiger partial charge >= 0.3 is 0 Å². The van der Waals surface area contributed by atoms with E-state index in [9.17, 15) is 9.50 Å². The molecule has 0 unspecified atom stereocenters. The lowest BCUT2D eigenvalue weighted by Crippen LogP contribution is -2.39. The first kappa shape index (κ1) is 14.2. The summed E-state index contributed by atoms with van der Waals surface area (Å²) in [5.41, 5.74) is 10.9. The molecule has 4 nitrogen and oxygen atoms in total. The fourth-order valence-electron chi connectivity index (χ4n) is 2.49. The number of anilines is 3. The van der Waals surface area contributed by atoms with Crippen LogP contribution >= 0.6 is 11.6 Å². The van der Waals surface area contributed by atoms with Crippen molar-refractivity contribution < 1.29 is 9.50 Å². The van der Waals surface area contributed by atoms with Crippen LogP contribution in [0.1, 0.15) is 32.1 Å². The number of hydrogen-bond donors (Lipinski definition) is 4. The molecule has 2 rings (SSSR count). The van der Waals surface area contributed by atoms with E-state index in [0.717, 1.165) is 19.3 Å². The molecule has 1 aromatic carbocycles.